The van der Waals surface area contributed by atoms with Crippen molar-refractivity contribution in [3.05, 3.63) is 5.69 Å². The molecule has 4 atom stereocenters. The van der Waals surface area contributed by atoms with Gasteiger partial charge in [0.1, 0.15) is 18.8 Å². The molecule has 1 aliphatic carbocycles. The van der Waals surface area contributed by atoms with Gasteiger partial charge in [-0.2, -0.15) is 0 Å². The van der Waals surface area contributed by atoms with E-state index in [1.54, 1.807) is 16.4 Å². The Morgan fingerprint density at radius 2 is 2.07 bits per heavy atom. The molecule has 0 aromatic carbocycles. The highest BCUT2D eigenvalue weighted by atomic mass is 32.2. The number of aromatic nitrogens is 5. The lowest BCUT2D eigenvalue weighted by Crippen LogP contribution is -2.32. The fourth-order valence-electron chi connectivity index (χ4n) is 3.96. The fourth-order valence-corrected chi connectivity index (χ4v) is 4.70. The minimum atomic E-state index is -0.760. The standard InChI is InChI=1S/C19H27N5O5S/c1-6-7-30-18-20-10(2)14-17(21-18)24(23-22-14)11-8-12(27-9-13(25)26-5)16-15(11)28-19(3,4)29-16/h11-12,15-16H,6-9H2,1-5H3/t11-,12+,15+,16-/m1/s1. The largest absolute Gasteiger partial charge is 0.467 e. The van der Waals surface area contributed by atoms with Crippen LogP contribution in [0.5, 0.6) is 0 Å². The predicted octanol–water partition coefficient (Wildman–Crippen LogP) is 2.05. The number of carbonyl (C=O) groups excluding carboxylic acids is 1. The van der Waals surface area contributed by atoms with Crippen LogP contribution in [0.1, 0.15) is 45.3 Å². The summed E-state index contributed by atoms with van der Waals surface area (Å²) in [7, 11) is 1.34. The summed E-state index contributed by atoms with van der Waals surface area (Å²) in [6.45, 7) is 7.63. The van der Waals surface area contributed by atoms with Gasteiger partial charge in [-0.25, -0.2) is 19.4 Å². The molecule has 2 aromatic heterocycles. The molecule has 2 aliphatic rings. The van der Waals surface area contributed by atoms with Crippen molar-refractivity contribution in [2.24, 2.45) is 0 Å². The number of aryl methyl sites for hydroxylation is 1. The van der Waals surface area contributed by atoms with Gasteiger partial charge in [-0.3, -0.25) is 0 Å². The lowest BCUT2D eigenvalue weighted by Gasteiger charge is -2.23. The van der Waals surface area contributed by atoms with Crippen LogP contribution in [0.15, 0.2) is 5.16 Å². The Hall–Kier alpha value is -1.82. The van der Waals surface area contributed by atoms with E-state index in [0.29, 0.717) is 22.7 Å². The number of carbonyl (C=O) groups is 1. The van der Waals surface area contributed by atoms with Crippen molar-refractivity contribution in [2.45, 2.75) is 75.8 Å². The van der Waals surface area contributed by atoms with Gasteiger partial charge in [-0.05, 0) is 27.2 Å². The zero-order valence-electron chi connectivity index (χ0n) is 17.8. The van der Waals surface area contributed by atoms with Gasteiger partial charge in [0.2, 0.25) is 0 Å². The van der Waals surface area contributed by atoms with Crippen molar-refractivity contribution in [1.82, 2.24) is 25.0 Å². The molecule has 0 unspecified atom stereocenters. The second-order valence-corrected chi connectivity index (χ2v) is 9.00. The van der Waals surface area contributed by atoms with E-state index in [1.807, 2.05) is 20.8 Å². The highest BCUT2D eigenvalue weighted by Crippen LogP contribution is 2.45. The van der Waals surface area contributed by atoms with Crippen molar-refractivity contribution < 1.29 is 23.7 Å². The number of thioether (sulfide) groups is 1. The second kappa shape index (κ2) is 8.37. The number of hydrogen-bond acceptors (Lipinski definition) is 10. The summed E-state index contributed by atoms with van der Waals surface area (Å²) in [5.41, 5.74) is 2.14. The van der Waals surface area contributed by atoms with Crippen LogP contribution in [0, 0.1) is 6.92 Å². The smallest absolute Gasteiger partial charge is 0.331 e. The molecule has 164 valence electrons. The molecule has 1 aliphatic heterocycles. The number of esters is 1. The lowest BCUT2D eigenvalue weighted by atomic mass is 10.2. The first-order valence-corrected chi connectivity index (χ1v) is 11.1. The first kappa shape index (κ1) is 21.4. The number of nitrogens with zero attached hydrogens (tertiary/aromatic N) is 5. The maximum Gasteiger partial charge on any atom is 0.331 e. The van der Waals surface area contributed by atoms with Gasteiger partial charge in [-0.1, -0.05) is 23.9 Å². The van der Waals surface area contributed by atoms with Crippen molar-refractivity contribution in [2.75, 3.05) is 19.5 Å². The van der Waals surface area contributed by atoms with Crippen molar-refractivity contribution in [1.29, 1.82) is 0 Å². The molecule has 11 heteroatoms. The first-order valence-electron chi connectivity index (χ1n) is 10.1. The molecular weight excluding hydrogens is 410 g/mol. The van der Waals surface area contributed by atoms with Crippen LogP contribution in [0.4, 0.5) is 0 Å². The molecule has 3 heterocycles. The van der Waals surface area contributed by atoms with Gasteiger partial charge < -0.3 is 18.9 Å². The minimum Gasteiger partial charge on any atom is -0.467 e. The van der Waals surface area contributed by atoms with E-state index >= 15 is 0 Å². The number of methoxy groups -OCH3 is 1. The highest BCUT2D eigenvalue weighted by Gasteiger charge is 2.56. The maximum absolute atomic E-state index is 11.6. The molecule has 0 spiro atoms. The average molecular weight is 438 g/mol. The molecule has 10 nitrogen and oxygen atoms in total. The minimum absolute atomic E-state index is 0.141. The van der Waals surface area contributed by atoms with E-state index in [4.69, 9.17) is 23.9 Å². The normalized spacial score (nSPS) is 27.5. The van der Waals surface area contributed by atoms with Crippen LogP contribution in [0.25, 0.3) is 11.2 Å². The van der Waals surface area contributed by atoms with Gasteiger partial charge in [0, 0.05) is 12.2 Å². The molecular formula is C19H27N5O5S. The lowest BCUT2D eigenvalue weighted by molar-refractivity contribution is -0.173. The van der Waals surface area contributed by atoms with Crippen LogP contribution in [-0.4, -0.2) is 74.5 Å². The van der Waals surface area contributed by atoms with Crippen LogP contribution in [-0.2, 0) is 23.7 Å². The Morgan fingerprint density at radius 3 is 2.80 bits per heavy atom. The summed E-state index contributed by atoms with van der Waals surface area (Å²) in [5.74, 6) is -0.250. The Balaban J connectivity index is 1.66. The van der Waals surface area contributed by atoms with Gasteiger partial charge in [0.15, 0.2) is 22.1 Å². The summed E-state index contributed by atoms with van der Waals surface area (Å²) in [6, 6.07) is -0.192. The Kier molecular flexibility index (Phi) is 5.97. The van der Waals surface area contributed by atoms with E-state index in [2.05, 4.69) is 22.2 Å². The van der Waals surface area contributed by atoms with E-state index in [9.17, 15) is 4.79 Å². The maximum atomic E-state index is 11.6. The number of fused-ring (bicyclic) bond motifs is 2. The van der Waals surface area contributed by atoms with Crippen molar-refractivity contribution in [3.63, 3.8) is 0 Å². The van der Waals surface area contributed by atoms with E-state index in [-0.39, 0.29) is 31.0 Å². The van der Waals surface area contributed by atoms with Crippen LogP contribution in [0.3, 0.4) is 0 Å². The molecule has 2 fully saturated rings. The van der Waals surface area contributed by atoms with E-state index < -0.39 is 11.8 Å². The molecule has 4 rings (SSSR count). The Labute approximate surface area is 179 Å². The molecule has 1 saturated heterocycles. The topological polar surface area (TPSA) is 110 Å². The number of ether oxygens (including phenoxy) is 4. The van der Waals surface area contributed by atoms with Crippen molar-refractivity contribution >= 4 is 28.9 Å². The van der Waals surface area contributed by atoms with Crippen LogP contribution in [0.2, 0.25) is 0 Å². The third-order valence-electron chi connectivity index (χ3n) is 5.25. The number of rotatable bonds is 7. The SMILES string of the molecule is CCCSc1nc(C)c2nnn([C@@H]3C[C@H](OCC(=O)OC)[C@H]4OC(C)(C)O[C@H]43)c2n1. The highest BCUT2D eigenvalue weighted by molar-refractivity contribution is 7.99. The summed E-state index contributed by atoms with van der Waals surface area (Å²) in [4.78, 5) is 20.8. The molecule has 0 radical (unpaired) electrons. The fraction of sp³-hybridized carbons (Fsp3) is 0.737. The second-order valence-electron chi connectivity index (χ2n) is 7.94. The van der Waals surface area contributed by atoms with E-state index in [1.165, 1.54) is 7.11 Å². The number of hydrogen-bond donors (Lipinski definition) is 0. The first-order chi connectivity index (χ1) is 14.3. The van der Waals surface area contributed by atoms with E-state index in [0.717, 1.165) is 17.9 Å². The van der Waals surface area contributed by atoms with Crippen LogP contribution < -0.4 is 0 Å². The molecule has 0 bridgehead atoms. The summed E-state index contributed by atoms with van der Waals surface area (Å²) < 4.78 is 24.6. The summed E-state index contributed by atoms with van der Waals surface area (Å²) in [6.07, 6.45) is 0.632. The van der Waals surface area contributed by atoms with Gasteiger partial charge in [0.25, 0.3) is 0 Å². The molecule has 1 saturated carbocycles. The quantitative estimate of drug-likeness (QED) is 0.362. The third kappa shape index (κ3) is 4.03. The predicted molar refractivity (Wildman–Crippen MR) is 108 cm³/mol. The van der Waals surface area contributed by atoms with Gasteiger partial charge in [0.05, 0.1) is 24.9 Å². The molecule has 0 N–H and O–H groups in total. The molecule has 0 amide bonds. The Morgan fingerprint density at radius 1 is 1.30 bits per heavy atom. The van der Waals surface area contributed by atoms with Gasteiger partial charge in [-0.15, -0.1) is 5.10 Å². The monoisotopic (exact) mass is 437 g/mol. The summed E-state index contributed by atoms with van der Waals surface area (Å²) >= 11 is 1.61. The summed E-state index contributed by atoms with van der Waals surface area (Å²) in [5, 5.41) is 9.41. The van der Waals surface area contributed by atoms with Crippen molar-refractivity contribution in [3.8, 4) is 0 Å². The zero-order chi connectivity index (χ0) is 21.5. The van der Waals surface area contributed by atoms with Crippen LogP contribution >= 0.6 is 11.8 Å². The molecule has 30 heavy (non-hydrogen) atoms. The Bertz CT molecular complexity index is 935. The molecule has 2 aromatic rings. The van der Waals surface area contributed by atoms with Gasteiger partial charge >= 0.3 is 5.97 Å². The third-order valence-corrected chi connectivity index (χ3v) is 6.31. The zero-order valence-corrected chi connectivity index (χ0v) is 18.6. The average Bonchev–Trinajstić information content (AvgIpc) is 3.35.